The van der Waals surface area contributed by atoms with Crippen LogP contribution in [-0.2, 0) is 4.79 Å². The fourth-order valence-corrected chi connectivity index (χ4v) is 4.10. The molecule has 0 saturated heterocycles. The highest BCUT2D eigenvalue weighted by Crippen LogP contribution is 2.28. The van der Waals surface area contributed by atoms with Crippen molar-refractivity contribution in [2.45, 2.75) is 12.1 Å². The van der Waals surface area contributed by atoms with Crippen LogP contribution in [0.2, 0.25) is 0 Å². The monoisotopic (exact) mass is 439 g/mol. The molecule has 4 rings (SSSR count). The SMILES string of the molecule is Cc1ccc(-n2c(SCC(=O)N(CC#N)c3ccccc3)nnc2-c2ccccc2)cc1. The van der Waals surface area contributed by atoms with Gasteiger partial charge in [0.25, 0.3) is 0 Å². The number of rotatable bonds is 7. The molecule has 4 aromatic rings. The highest BCUT2D eigenvalue weighted by Gasteiger charge is 2.20. The fraction of sp³-hybridized carbons (Fsp3) is 0.120. The predicted octanol–water partition coefficient (Wildman–Crippen LogP) is 4.89. The van der Waals surface area contributed by atoms with Gasteiger partial charge in [-0.3, -0.25) is 14.3 Å². The number of nitrogens with zero attached hydrogens (tertiary/aromatic N) is 5. The molecule has 0 bridgehead atoms. The molecular formula is C25H21N5OS. The Morgan fingerprint density at radius 1 is 0.969 bits per heavy atom. The summed E-state index contributed by atoms with van der Waals surface area (Å²) in [5.41, 5.74) is 3.72. The molecule has 3 aromatic carbocycles. The van der Waals surface area contributed by atoms with E-state index in [0.717, 1.165) is 16.8 Å². The molecule has 6 nitrogen and oxygen atoms in total. The molecule has 7 heteroatoms. The average Bonchev–Trinajstić information content (AvgIpc) is 3.26. The number of anilines is 1. The van der Waals surface area contributed by atoms with E-state index in [9.17, 15) is 10.1 Å². The van der Waals surface area contributed by atoms with E-state index >= 15 is 0 Å². The van der Waals surface area contributed by atoms with Gasteiger partial charge in [0.1, 0.15) is 6.54 Å². The first kappa shape index (κ1) is 21.3. The molecule has 1 amide bonds. The Morgan fingerprint density at radius 3 is 2.28 bits per heavy atom. The summed E-state index contributed by atoms with van der Waals surface area (Å²) < 4.78 is 1.96. The van der Waals surface area contributed by atoms with Crippen molar-refractivity contribution in [3.63, 3.8) is 0 Å². The summed E-state index contributed by atoms with van der Waals surface area (Å²) in [6.45, 7) is 2.03. The number of hydrogen-bond acceptors (Lipinski definition) is 5. The summed E-state index contributed by atoms with van der Waals surface area (Å²) in [6.07, 6.45) is 0. The fourth-order valence-electron chi connectivity index (χ4n) is 3.27. The number of carbonyl (C=O) groups excluding carboxylic acids is 1. The Kier molecular flexibility index (Phi) is 6.63. The third-order valence-electron chi connectivity index (χ3n) is 4.88. The summed E-state index contributed by atoms with van der Waals surface area (Å²) in [5.74, 6) is 0.679. The topological polar surface area (TPSA) is 74.8 Å². The van der Waals surface area contributed by atoms with Crippen LogP contribution in [0.5, 0.6) is 0 Å². The van der Waals surface area contributed by atoms with Gasteiger partial charge in [-0.15, -0.1) is 10.2 Å². The second-order valence-corrected chi connectivity index (χ2v) is 8.05. The molecule has 0 radical (unpaired) electrons. The first-order valence-corrected chi connectivity index (χ1v) is 11.1. The molecule has 1 aromatic heterocycles. The Morgan fingerprint density at radius 2 is 1.62 bits per heavy atom. The molecule has 0 aliphatic carbocycles. The first-order chi connectivity index (χ1) is 15.7. The van der Waals surface area contributed by atoms with Crippen molar-refractivity contribution in [2.24, 2.45) is 0 Å². The summed E-state index contributed by atoms with van der Waals surface area (Å²) >= 11 is 1.31. The lowest BCUT2D eigenvalue weighted by molar-refractivity contribution is -0.116. The molecule has 0 N–H and O–H groups in total. The Hall–Kier alpha value is -3.89. The zero-order valence-electron chi connectivity index (χ0n) is 17.5. The standard InChI is InChI=1S/C25H21N5OS/c1-19-12-14-22(15-13-19)30-24(20-8-4-2-5-9-20)27-28-25(30)32-18-23(31)29(17-16-26)21-10-6-3-7-11-21/h2-15H,17-18H2,1H3. The van der Waals surface area contributed by atoms with Crippen LogP contribution in [0, 0.1) is 18.3 Å². The highest BCUT2D eigenvalue weighted by molar-refractivity contribution is 7.99. The number of carbonyl (C=O) groups is 1. The minimum absolute atomic E-state index is 0.0106. The number of para-hydroxylation sites is 1. The summed E-state index contributed by atoms with van der Waals surface area (Å²) in [4.78, 5) is 14.5. The van der Waals surface area contributed by atoms with Gasteiger partial charge in [0.2, 0.25) is 5.91 Å². The van der Waals surface area contributed by atoms with E-state index in [-0.39, 0.29) is 18.2 Å². The van der Waals surface area contributed by atoms with Crippen molar-refractivity contribution >= 4 is 23.4 Å². The molecule has 1 heterocycles. The lowest BCUT2D eigenvalue weighted by Gasteiger charge is -2.19. The summed E-state index contributed by atoms with van der Waals surface area (Å²) in [6, 6.07) is 29.2. The van der Waals surface area contributed by atoms with E-state index in [1.165, 1.54) is 16.7 Å². The average molecular weight is 440 g/mol. The zero-order valence-corrected chi connectivity index (χ0v) is 18.4. The molecule has 158 valence electrons. The number of benzene rings is 3. The van der Waals surface area contributed by atoms with E-state index in [4.69, 9.17) is 0 Å². The van der Waals surface area contributed by atoms with Crippen molar-refractivity contribution in [3.05, 3.63) is 90.5 Å². The van der Waals surface area contributed by atoms with E-state index in [2.05, 4.69) is 16.3 Å². The van der Waals surface area contributed by atoms with Crippen molar-refractivity contribution in [3.8, 4) is 23.1 Å². The smallest absolute Gasteiger partial charge is 0.238 e. The van der Waals surface area contributed by atoms with Crippen LogP contribution in [0.4, 0.5) is 5.69 Å². The maximum atomic E-state index is 13.0. The van der Waals surface area contributed by atoms with Crippen LogP contribution in [0.1, 0.15) is 5.56 Å². The van der Waals surface area contributed by atoms with E-state index < -0.39 is 0 Å². The minimum atomic E-state index is -0.164. The maximum Gasteiger partial charge on any atom is 0.238 e. The van der Waals surface area contributed by atoms with Crippen molar-refractivity contribution in [1.82, 2.24) is 14.8 Å². The van der Waals surface area contributed by atoms with Gasteiger partial charge >= 0.3 is 0 Å². The van der Waals surface area contributed by atoms with Crippen LogP contribution in [0.3, 0.4) is 0 Å². The van der Waals surface area contributed by atoms with Crippen LogP contribution in [0.15, 0.2) is 90.1 Å². The van der Waals surface area contributed by atoms with Crippen LogP contribution < -0.4 is 4.90 Å². The quantitative estimate of drug-likeness (QED) is 0.303. The number of hydrogen-bond donors (Lipinski definition) is 0. The third kappa shape index (κ3) is 4.71. The molecule has 0 unspecified atom stereocenters. The number of amides is 1. The number of aryl methyl sites for hydroxylation is 1. The van der Waals surface area contributed by atoms with Crippen molar-refractivity contribution in [1.29, 1.82) is 5.26 Å². The molecule has 32 heavy (non-hydrogen) atoms. The highest BCUT2D eigenvalue weighted by atomic mass is 32.2. The number of thioether (sulfide) groups is 1. The minimum Gasteiger partial charge on any atom is -0.298 e. The van der Waals surface area contributed by atoms with Gasteiger partial charge in [0.15, 0.2) is 11.0 Å². The van der Waals surface area contributed by atoms with Crippen molar-refractivity contribution < 1.29 is 4.79 Å². The first-order valence-electron chi connectivity index (χ1n) is 10.1. The molecule has 0 saturated carbocycles. The van der Waals surface area contributed by atoms with E-state index in [0.29, 0.717) is 16.7 Å². The van der Waals surface area contributed by atoms with Crippen LogP contribution in [0.25, 0.3) is 17.1 Å². The maximum absolute atomic E-state index is 13.0. The number of aromatic nitrogens is 3. The molecule has 0 aliphatic rings. The normalized spacial score (nSPS) is 10.5. The lowest BCUT2D eigenvalue weighted by atomic mass is 10.2. The van der Waals surface area contributed by atoms with Gasteiger partial charge in [0.05, 0.1) is 11.8 Å². The third-order valence-corrected chi connectivity index (χ3v) is 5.79. The molecule has 0 spiro atoms. The Labute approximate surface area is 191 Å². The summed E-state index contributed by atoms with van der Waals surface area (Å²) in [5, 5.41) is 18.6. The van der Waals surface area contributed by atoms with Gasteiger partial charge in [-0.05, 0) is 31.2 Å². The lowest BCUT2D eigenvalue weighted by Crippen LogP contribution is -2.32. The molecular weight excluding hydrogens is 418 g/mol. The van der Waals surface area contributed by atoms with Crippen LogP contribution >= 0.6 is 11.8 Å². The Balaban J connectivity index is 1.64. The second-order valence-electron chi connectivity index (χ2n) is 7.11. The second kappa shape index (κ2) is 9.94. The van der Waals surface area contributed by atoms with Gasteiger partial charge in [-0.25, -0.2) is 0 Å². The summed E-state index contributed by atoms with van der Waals surface area (Å²) in [7, 11) is 0. The van der Waals surface area contributed by atoms with Crippen LogP contribution in [-0.4, -0.2) is 33.0 Å². The Bertz CT molecular complexity index is 1230. The van der Waals surface area contributed by atoms with E-state index in [1.54, 1.807) is 0 Å². The number of nitriles is 1. The van der Waals surface area contributed by atoms with Crippen molar-refractivity contribution in [2.75, 3.05) is 17.2 Å². The van der Waals surface area contributed by atoms with E-state index in [1.807, 2.05) is 96.4 Å². The molecule has 0 aliphatic heterocycles. The largest absolute Gasteiger partial charge is 0.298 e. The van der Waals surface area contributed by atoms with Gasteiger partial charge in [-0.1, -0.05) is 78.0 Å². The zero-order chi connectivity index (χ0) is 22.3. The van der Waals surface area contributed by atoms with Gasteiger partial charge < -0.3 is 0 Å². The molecule has 0 fully saturated rings. The van der Waals surface area contributed by atoms with Gasteiger partial charge in [0, 0.05) is 16.9 Å². The van der Waals surface area contributed by atoms with Gasteiger partial charge in [-0.2, -0.15) is 5.26 Å². The molecule has 0 atom stereocenters. The predicted molar refractivity (Wildman–Crippen MR) is 127 cm³/mol.